The molecule has 0 aliphatic carbocycles. The van der Waals surface area contributed by atoms with E-state index >= 15 is 0 Å². The lowest BCUT2D eigenvalue weighted by Gasteiger charge is -2.35. The van der Waals surface area contributed by atoms with E-state index in [1.165, 1.54) is 0 Å². The molecule has 7 heteroatoms. The first-order chi connectivity index (χ1) is 12.7. The Morgan fingerprint density at radius 1 is 0.808 bits per heavy atom. The van der Waals surface area contributed by atoms with Gasteiger partial charge in [-0.1, -0.05) is 30.3 Å². The maximum atomic E-state index is 5.98. The van der Waals surface area contributed by atoms with E-state index in [2.05, 4.69) is 30.0 Å². The minimum Gasteiger partial charge on any atom is -0.353 e. The lowest BCUT2D eigenvalue weighted by molar-refractivity contribution is 0.637. The summed E-state index contributed by atoms with van der Waals surface area (Å²) in [5, 5.41) is 9.09. The van der Waals surface area contributed by atoms with Crippen LogP contribution >= 0.6 is 11.6 Å². The first-order valence-corrected chi connectivity index (χ1v) is 8.97. The van der Waals surface area contributed by atoms with E-state index in [1.54, 1.807) is 0 Å². The van der Waals surface area contributed by atoms with Gasteiger partial charge in [0.2, 0.25) is 5.28 Å². The van der Waals surface area contributed by atoms with E-state index in [9.17, 15) is 0 Å². The van der Waals surface area contributed by atoms with Crippen LogP contribution in [0.1, 0.15) is 5.69 Å². The van der Waals surface area contributed by atoms with E-state index in [0.29, 0.717) is 5.28 Å². The van der Waals surface area contributed by atoms with Crippen molar-refractivity contribution in [3.05, 3.63) is 59.5 Å². The third-order valence-corrected chi connectivity index (χ3v) is 4.63. The molecule has 26 heavy (non-hydrogen) atoms. The Bertz CT molecular complexity index is 856. The molecule has 1 saturated heterocycles. The number of hydrogen-bond donors (Lipinski definition) is 0. The van der Waals surface area contributed by atoms with E-state index in [1.807, 2.05) is 55.5 Å². The highest BCUT2D eigenvalue weighted by atomic mass is 35.5. The fraction of sp³-hybridized carbons (Fsp3) is 0.263. The fourth-order valence-corrected chi connectivity index (χ4v) is 3.32. The number of hydrogen-bond acceptors (Lipinski definition) is 6. The molecule has 0 amide bonds. The molecule has 0 N–H and O–H groups in total. The van der Waals surface area contributed by atoms with Gasteiger partial charge in [0.15, 0.2) is 5.82 Å². The Labute approximate surface area is 157 Å². The van der Waals surface area contributed by atoms with Crippen LogP contribution < -0.4 is 9.80 Å². The maximum absolute atomic E-state index is 5.98. The quantitative estimate of drug-likeness (QED) is 0.663. The molecule has 0 spiro atoms. The molecule has 0 atom stereocenters. The van der Waals surface area contributed by atoms with Gasteiger partial charge in [-0.2, -0.15) is 0 Å². The molecule has 2 aromatic heterocycles. The zero-order valence-electron chi connectivity index (χ0n) is 14.5. The number of aromatic nitrogens is 4. The fourth-order valence-electron chi connectivity index (χ4n) is 3.10. The minimum absolute atomic E-state index is 0.296. The number of nitrogens with zero attached hydrogens (tertiary/aromatic N) is 6. The molecular formula is C19H19ClN6. The second-order valence-electron chi connectivity index (χ2n) is 6.25. The molecule has 1 aromatic carbocycles. The van der Waals surface area contributed by atoms with Crippen molar-refractivity contribution >= 4 is 23.2 Å². The lowest BCUT2D eigenvalue weighted by atomic mass is 10.1. The van der Waals surface area contributed by atoms with Crippen molar-refractivity contribution in [2.24, 2.45) is 0 Å². The molecule has 132 valence electrons. The Hall–Kier alpha value is -2.73. The number of anilines is 2. The van der Waals surface area contributed by atoms with Crippen LogP contribution in [-0.4, -0.2) is 46.3 Å². The molecule has 0 bridgehead atoms. The summed E-state index contributed by atoms with van der Waals surface area (Å²) in [7, 11) is 0. The number of aryl methyl sites for hydroxylation is 1. The standard InChI is InChI=1S/C19H19ClN6/c1-14-13-18(22-19(20)21-14)26-11-9-25(10-12-26)17-8-7-16(23-24-17)15-5-3-2-4-6-15/h2-8,13H,9-12H2,1H3. The zero-order chi connectivity index (χ0) is 17.9. The van der Waals surface area contributed by atoms with Gasteiger partial charge in [0, 0.05) is 43.5 Å². The van der Waals surface area contributed by atoms with Crippen molar-refractivity contribution < 1.29 is 0 Å². The highest BCUT2D eigenvalue weighted by molar-refractivity contribution is 6.28. The Morgan fingerprint density at radius 3 is 2.12 bits per heavy atom. The first-order valence-electron chi connectivity index (χ1n) is 8.59. The van der Waals surface area contributed by atoms with Gasteiger partial charge in [-0.3, -0.25) is 0 Å². The van der Waals surface area contributed by atoms with Crippen molar-refractivity contribution in [1.29, 1.82) is 0 Å². The van der Waals surface area contributed by atoms with Crippen LogP contribution in [0.4, 0.5) is 11.6 Å². The van der Waals surface area contributed by atoms with Gasteiger partial charge in [-0.25, -0.2) is 9.97 Å². The summed E-state index contributed by atoms with van der Waals surface area (Å²) in [4.78, 5) is 12.9. The number of halogens is 1. The SMILES string of the molecule is Cc1cc(N2CCN(c3ccc(-c4ccccc4)nn3)CC2)nc(Cl)n1. The molecule has 0 unspecified atom stereocenters. The van der Waals surface area contributed by atoms with Crippen LogP contribution in [0.15, 0.2) is 48.5 Å². The Balaban J connectivity index is 1.43. The average Bonchev–Trinajstić information content (AvgIpc) is 2.68. The van der Waals surface area contributed by atoms with Crippen molar-refractivity contribution in [3.8, 4) is 11.3 Å². The Kier molecular flexibility index (Phi) is 4.67. The van der Waals surface area contributed by atoms with Gasteiger partial charge in [-0.15, -0.1) is 10.2 Å². The number of rotatable bonds is 3. The average molecular weight is 367 g/mol. The van der Waals surface area contributed by atoms with Crippen molar-refractivity contribution in [1.82, 2.24) is 20.2 Å². The van der Waals surface area contributed by atoms with Crippen molar-refractivity contribution in [2.75, 3.05) is 36.0 Å². The summed E-state index contributed by atoms with van der Waals surface area (Å²) in [6.45, 7) is 5.36. The second kappa shape index (κ2) is 7.25. The molecule has 3 aromatic rings. The topological polar surface area (TPSA) is 58.0 Å². The lowest BCUT2D eigenvalue weighted by Crippen LogP contribution is -2.47. The third kappa shape index (κ3) is 3.60. The summed E-state index contributed by atoms with van der Waals surface area (Å²) < 4.78 is 0. The van der Waals surface area contributed by atoms with Crippen molar-refractivity contribution in [3.63, 3.8) is 0 Å². The van der Waals surface area contributed by atoms with E-state index < -0.39 is 0 Å². The molecule has 3 heterocycles. The molecule has 6 nitrogen and oxygen atoms in total. The van der Waals surface area contributed by atoms with Crippen molar-refractivity contribution in [2.45, 2.75) is 6.92 Å². The summed E-state index contributed by atoms with van der Waals surface area (Å²) >= 11 is 5.98. The van der Waals surface area contributed by atoms with Gasteiger partial charge >= 0.3 is 0 Å². The molecule has 0 saturated carbocycles. The van der Waals surface area contributed by atoms with Crippen LogP contribution in [-0.2, 0) is 0 Å². The largest absolute Gasteiger partial charge is 0.353 e. The summed E-state index contributed by atoms with van der Waals surface area (Å²) in [6, 6.07) is 16.1. The van der Waals surface area contributed by atoms with E-state index in [-0.39, 0.29) is 0 Å². The smallest absolute Gasteiger partial charge is 0.224 e. The summed E-state index contributed by atoms with van der Waals surface area (Å²) in [5.74, 6) is 1.79. The monoisotopic (exact) mass is 366 g/mol. The molecule has 4 rings (SSSR count). The Morgan fingerprint density at radius 2 is 1.50 bits per heavy atom. The van der Waals surface area contributed by atoms with Crippen LogP contribution in [0.2, 0.25) is 5.28 Å². The minimum atomic E-state index is 0.296. The van der Waals surface area contributed by atoms with Crippen LogP contribution in [0.25, 0.3) is 11.3 Å². The summed E-state index contributed by atoms with van der Waals surface area (Å²) in [6.07, 6.45) is 0. The van der Waals surface area contributed by atoms with Gasteiger partial charge in [0.25, 0.3) is 0 Å². The molecule has 1 aliphatic rings. The number of benzene rings is 1. The van der Waals surface area contributed by atoms with E-state index in [4.69, 9.17) is 11.6 Å². The number of piperazine rings is 1. The molecular weight excluding hydrogens is 348 g/mol. The van der Waals surface area contributed by atoms with Gasteiger partial charge in [0.1, 0.15) is 5.82 Å². The maximum Gasteiger partial charge on any atom is 0.224 e. The van der Waals surface area contributed by atoms with Crippen LogP contribution in [0, 0.1) is 6.92 Å². The molecule has 0 radical (unpaired) electrons. The second-order valence-corrected chi connectivity index (χ2v) is 6.59. The van der Waals surface area contributed by atoms with Crippen LogP contribution in [0.3, 0.4) is 0 Å². The van der Waals surface area contributed by atoms with Crippen LogP contribution in [0.5, 0.6) is 0 Å². The third-order valence-electron chi connectivity index (χ3n) is 4.46. The first kappa shape index (κ1) is 16.7. The normalized spacial score (nSPS) is 14.5. The van der Waals surface area contributed by atoms with Gasteiger partial charge in [0.05, 0.1) is 5.69 Å². The molecule has 1 fully saturated rings. The summed E-state index contributed by atoms with van der Waals surface area (Å²) in [5.41, 5.74) is 2.84. The predicted octanol–water partition coefficient (Wildman–Crippen LogP) is 3.22. The highest BCUT2D eigenvalue weighted by Crippen LogP contribution is 2.21. The van der Waals surface area contributed by atoms with E-state index in [0.717, 1.165) is 54.8 Å². The zero-order valence-corrected chi connectivity index (χ0v) is 15.3. The highest BCUT2D eigenvalue weighted by Gasteiger charge is 2.20. The van der Waals surface area contributed by atoms with Gasteiger partial charge in [-0.05, 0) is 30.7 Å². The predicted molar refractivity (Wildman–Crippen MR) is 104 cm³/mol. The van der Waals surface area contributed by atoms with Gasteiger partial charge < -0.3 is 9.80 Å². The molecule has 1 aliphatic heterocycles.